The van der Waals surface area contributed by atoms with Crippen molar-refractivity contribution < 1.29 is 0 Å². The third kappa shape index (κ3) is 3.41. The molecule has 1 aromatic heterocycles. The fourth-order valence-electron chi connectivity index (χ4n) is 1.94. The van der Waals surface area contributed by atoms with Gasteiger partial charge in [0.25, 0.3) is 0 Å². The molecule has 20 heavy (non-hydrogen) atoms. The van der Waals surface area contributed by atoms with Crippen LogP contribution in [-0.2, 0) is 6.42 Å². The van der Waals surface area contributed by atoms with Gasteiger partial charge in [-0.1, -0.05) is 24.9 Å². The Bertz CT molecular complexity index is 604. The average Bonchev–Trinajstić information content (AvgIpc) is 2.45. The number of benzene rings is 1. The normalized spacial score (nSPS) is 10.4. The number of aromatic nitrogens is 2. The van der Waals surface area contributed by atoms with Crippen LogP contribution in [0.25, 0.3) is 0 Å². The summed E-state index contributed by atoms with van der Waals surface area (Å²) in [5, 5.41) is 7.10. The fraction of sp³-hybridized carbons (Fsp3) is 0.286. The molecule has 1 aromatic carbocycles. The number of hydrogen-bond acceptors (Lipinski definition) is 4. The molecule has 0 atom stereocenters. The Morgan fingerprint density at radius 1 is 1.25 bits per heavy atom. The standard InChI is InChI=1S/C14H16BrClN4/c1-3-4-10-13(17-2)18-8-19-14(10)20-12-7-9(16)5-6-11(12)15/h5-8H,3-4H2,1-2H3,(H2,17,18,19,20). The van der Waals surface area contributed by atoms with Gasteiger partial charge in [-0.3, -0.25) is 0 Å². The van der Waals surface area contributed by atoms with Crippen molar-refractivity contribution in [2.24, 2.45) is 0 Å². The maximum absolute atomic E-state index is 6.04. The van der Waals surface area contributed by atoms with E-state index in [0.717, 1.165) is 40.2 Å². The molecule has 0 amide bonds. The van der Waals surface area contributed by atoms with Gasteiger partial charge in [-0.15, -0.1) is 0 Å². The number of hydrogen-bond donors (Lipinski definition) is 2. The highest BCUT2D eigenvalue weighted by molar-refractivity contribution is 9.10. The van der Waals surface area contributed by atoms with Crippen LogP contribution >= 0.6 is 27.5 Å². The highest BCUT2D eigenvalue weighted by atomic mass is 79.9. The predicted molar refractivity (Wildman–Crippen MR) is 88.0 cm³/mol. The molecule has 2 aromatic rings. The van der Waals surface area contributed by atoms with Gasteiger partial charge in [-0.25, -0.2) is 9.97 Å². The van der Waals surface area contributed by atoms with Gasteiger partial charge in [0, 0.05) is 22.1 Å². The highest BCUT2D eigenvalue weighted by Gasteiger charge is 2.11. The molecule has 0 radical (unpaired) electrons. The van der Waals surface area contributed by atoms with Crippen molar-refractivity contribution in [1.29, 1.82) is 0 Å². The predicted octanol–water partition coefficient (Wildman–Crippen LogP) is 4.63. The zero-order valence-electron chi connectivity index (χ0n) is 11.4. The molecule has 0 saturated heterocycles. The lowest BCUT2D eigenvalue weighted by Crippen LogP contribution is -2.05. The van der Waals surface area contributed by atoms with E-state index >= 15 is 0 Å². The summed E-state index contributed by atoms with van der Waals surface area (Å²) in [5.41, 5.74) is 1.96. The molecule has 0 aliphatic carbocycles. The van der Waals surface area contributed by atoms with Crippen LogP contribution in [0.3, 0.4) is 0 Å². The van der Waals surface area contributed by atoms with Gasteiger partial charge in [0.05, 0.1) is 5.69 Å². The van der Waals surface area contributed by atoms with Crippen LogP contribution < -0.4 is 10.6 Å². The van der Waals surface area contributed by atoms with Crippen LogP contribution in [0.1, 0.15) is 18.9 Å². The van der Waals surface area contributed by atoms with Crippen molar-refractivity contribution in [2.75, 3.05) is 17.7 Å². The maximum atomic E-state index is 6.04. The van der Waals surface area contributed by atoms with E-state index in [1.807, 2.05) is 25.2 Å². The van der Waals surface area contributed by atoms with Crippen LogP contribution in [0.15, 0.2) is 29.0 Å². The molecule has 0 aliphatic rings. The van der Waals surface area contributed by atoms with Gasteiger partial charge in [0.1, 0.15) is 18.0 Å². The first-order valence-corrected chi connectivity index (χ1v) is 7.56. The molecule has 0 saturated carbocycles. The molecule has 2 N–H and O–H groups in total. The van der Waals surface area contributed by atoms with Crippen molar-refractivity contribution in [1.82, 2.24) is 9.97 Å². The van der Waals surface area contributed by atoms with Crippen molar-refractivity contribution in [3.8, 4) is 0 Å². The SMILES string of the molecule is CCCc1c(NC)ncnc1Nc1cc(Cl)ccc1Br. The molecular weight excluding hydrogens is 340 g/mol. The van der Waals surface area contributed by atoms with Gasteiger partial charge < -0.3 is 10.6 Å². The molecule has 0 spiro atoms. The minimum Gasteiger partial charge on any atom is -0.373 e. The van der Waals surface area contributed by atoms with E-state index in [0.29, 0.717) is 5.02 Å². The number of halogens is 2. The van der Waals surface area contributed by atoms with Gasteiger partial charge in [-0.2, -0.15) is 0 Å². The summed E-state index contributed by atoms with van der Waals surface area (Å²) in [6.07, 6.45) is 3.47. The lowest BCUT2D eigenvalue weighted by molar-refractivity contribution is 0.905. The topological polar surface area (TPSA) is 49.8 Å². The molecule has 0 fully saturated rings. The molecule has 0 bridgehead atoms. The van der Waals surface area contributed by atoms with E-state index in [9.17, 15) is 0 Å². The monoisotopic (exact) mass is 354 g/mol. The second-order valence-corrected chi connectivity index (χ2v) is 5.59. The van der Waals surface area contributed by atoms with Crippen molar-refractivity contribution in [3.63, 3.8) is 0 Å². The summed E-state index contributed by atoms with van der Waals surface area (Å²) in [5.74, 6) is 1.65. The van der Waals surface area contributed by atoms with Crippen molar-refractivity contribution in [2.45, 2.75) is 19.8 Å². The maximum Gasteiger partial charge on any atom is 0.139 e. The van der Waals surface area contributed by atoms with Crippen LogP contribution in [0.4, 0.5) is 17.3 Å². The van der Waals surface area contributed by atoms with Gasteiger partial charge in [0.2, 0.25) is 0 Å². The lowest BCUT2D eigenvalue weighted by Gasteiger charge is -2.14. The zero-order chi connectivity index (χ0) is 14.5. The van der Waals surface area contributed by atoms with E-state index in [1.54, 1.807) is 6.33 Å². The average molecular weight is 356 g/mol. The Labute approximate surface area is 132 Å². The second kappa shape index (κ2) is 6.90. The molecule has 2 rings (SSSR count). The Hall–Kier alpha value is -1.33. The lowest BCUT2D eigenvalue weighted by atomic mass is 10.1. The second-order valence-electron chi connectivity index (χ2n) is 4.30. The largest absolute Gasteiger partial charge is 0.373 e. The molecular formula is C14H16BrClN4. The molecule has 6 heteroatoms. The molecule has 0 unspecified atom stereocenters. The first kappa shape index (κ1) is 15.1. The fourth-order valence-corrected chi connectivity index (χ4v) is 2.46. The van der Waals surface area contributed by atoms with Gasteiger partial charge in [-0.05, 0) is 40.5 Å². The van der Waals surface area contributed by atoms with Gasteiger partial charge in [0.15, 0.2) is 0 Å². The molecule has 4 nitrogen and oxygen atoms in total. The van der Waals surface area contributed by atoms with E-state index < -0.39 is 0 Å². The minimum atomic E-state index is 0.677. The third-order valence-corrected chi connectivity index (χ3v) is 3.79. The van der Waals surface area contributed by atoms with Crippen molar-refractivity contribution >= 4 is 44.9 Å². The Morgan fingerprint density at radius 3 is 2.70 bits per heavy atom. The molecule has 106 valence electrons. The van der Waals surface area contributed by atoms with Crippen molar-refractivity contribution in [3.05, 3.63) is 39.6 Å². The summed E-state index contributed by atoms with van der Waals surface area (Å²) >= 11 is 9.54. The number of rotatable bonds is 5. The summed E-state index contributed by atoms with van der Waals surface area (Å²) in [4.78, 5) is 8.60. The van der Waals surface area contributed by atoms with E-state index in [2.05, 4.69) is 43.5 Å². The molecule has 0 aliphatic heterocycles. The Balaban J connectivity index is 2.39. The molecule has 1 heterocycles. The van der Waals surface area contributed by atoms with Crippen LogP contribution in [0.5, 0.6) is 0 Å². The van der Waals surface area contributed by atoms with Crippen LogP contribution in [0, 0.1) is 0 Å². The first-order chi connectivity index (χ1) is 9.65. The summed E-state index contributed by atoms with van der Waals surface area (Å²) in [6, 6.07) is 5.61. The summed E-state index contributed by atoms with van der Waals surface area (Å²) in [7, 11) is 1.86. The smallest absolute Gasteiger partial charge is 0.139 e. The summed E-state index contributed by atoms with van der Waals surface area (Å²) in [6.45, 7) is 2.13. The van der Waals surface area contributed by atoms with E-state index in [1.165, 1.54) is 0 Å². The van der Waals surface area contributed by atoms with Gasteiger partial charge >= 0.3 is 0 Å². The van der Waals surface area contributed by atoms with E-state index in [-0.39, 0.29) is 0 Å². The Kier molecular flexibility index (Phi) is 5.20. The minimum absolute atomic E-state index is 0.677. The highest BCUT2D eigenvalue weighted by Crippen LogP contribution is 2.31. The quantitative estimate of drug-likeness (QED) is 0.821. The third-order valence-electron chi connectivity index (χ3n) is 2.86. The zero-order valence-corrected chi connectivity index (χ0v) is 13.7. The van der Waals surface area contributed by atoms with Crippen LogP contribution in [0.2, 0.25) is 5.02 Å². The van der Waals surface area contributed by atoms with Crippen LogP contribution in [-0.4, -0.2) is 17.0 Å². The Morgan fingerprint density at radius 2 is 2.00 bits per heavy atom. The number of nitrogens with zero attached hydrogens (tertiary/aromatic N) is 2. The number of anilines is 3. The summed E-state index contributed by atoms with van der Waals surface area (Å²) < 4.78 is 0.939. The number of nitrogens with one attached hydrogen (secondary N) is 2. The first-order valence-electron chi connectivity index (χ1n) is 6.39. The van der Waals surface area contributed by atoms with E-state index in [4.69, 9.17) is 11.6 Å².